The fraction of sp³-hybridized carbons (Fsp3) is 0.438. The van der Waals surface area contributed by atoms with E-state index in [1.165, 1.54) is 11.2 Å². The van der Waals surface area contributed by atoms with E-state index in [2.05, 4.69) is 15.2 Å². The van der Waals surface area contributed by atoms with Crippen molar-refractivity contribution >= 4 is 5.91 Å². The molecule has 134 valence electrons. The molecule has 2 heterocycles. The summed E-state index contributed by atoms with van der Waals surface area (Å²) >= 11 is 0. The standard InChI is InChI=1S/C16H18F2N4O3/c1-22(7-14-11(4-5-24-14)16-19-9-20-21-16)15(23)8-25-13-3-2-10(17)6-12(13)18/h2-3,6,9,11,14H,4-5,7-8H2,1H3,(H,19,20,21)/t11-,14-/m1/s1. The number of aromatic amines is 1. The zero-order valence-electron chi connectivity index (χ0n) is 13.6. The molecule has 0 radical (unpaired) electrons. The van der Waals surface area contributed by atoms with Crippen LogP contribution in [0.5, 0.6) is 5.75 Å². The second kappa shape index (κ2) is 7.56. The van der Waals surface area contributed by atoms with Gasteiger partial charge >= 0.3 is 0 Å². The summed E-state index contributed by atoms with van der Waals surface area (Å²) in [6.07, 6.45) is 2.02. The first kappa shape index (κ1) is 17.3. The fourth-order valence-electron chi connectivity index (χ4n) is 2.75. The van der Waals surface area contributed by atoms with Gasteiger partial charge in [0, 0.05) is 32.2 Å². The molecule has 1 aliphatic rings. The van der Waals surface area contributed by atoms with Crippen LogP contribution in [0.3, 0.4) is 0 Å². The van der Waals surface area contributed by atoms with Gasteiger partial charge in [0.05, 0.1) is 6.10 Å². The van der Waals surface area contributed by atoms with Gasteiger partial charge in [-0.3, -0.25) is 9.89 Å². The molecule has 1 amide bonds. The first-order chi connectivity index (χ1) is 12.0. The van der Waals surface area contributed by atoms with E-state index < -0.39 is 11.6 Å². The number of amides is 1. The number of nitrogens with zero attached hydrogens (tertiary/aromatic N) is 3. The first-order valence-electron chi connectivity index (χ1n) is 7.83. The molecule has 2 atom stereocenters. The molecule has 9 heteroatoms. The van der Waals surface area contributed by atoms with E-state index in [-0.39, 0.29) is 30.3 Å². The molecule has 0 bridgehead atoms. The van der Waals surface area contributed by atoms with Crippen LogP contribution in [-0.4, -0.2) is 58.9 Å². The van der Waals surface area contributed by atoms with Gasteiger partial charge in [0.2, 0.25) is 0 Å². The number of ether oxygens (including phenoxy) is 2. The third-order valence-electron chi connectivity index (χ3n) is 4.12. The predicted octanol–water partition coefficient (Wildman–Crippen LogP) is 1.49. The molecular weight excluding hydrogens is 334 g/mol. The maximum atomic E-state index is 13.5. The van der Waals surface area contributed by atoms with E-state index in [1.54, 1.807) is 7.05 Å². The summed E-state index contributed by atoms with van der Waals surface area (Å²) in [7, 11) is 1.62. The molecule has 0 aliphatic carbocycles. The summed E-state index contributed by atoms with van der Waals surface area (Å²) in [5.74, 6) is -1.29. The molecule has 1 saturated heterocycles. The van der Waals surface area contributed by atoms with Crippen molar-refractivity contribution in [1.82, 2.24) is 20.1 Å². The highest BCUT2D eigenvalue weighted by atomic mass is 19.1. The lowest BCUT2D eigenvalue weighted by atomic mass is 10.0. The number of aromatic nitrogens is 3. The SMILES string of the molecule is CN(C[C@H]1OCC[C@H]1c1ncn[nH]1)C(=O)COc1ccc(F)cc1F. The molecule has 0 spiro atoms. The van der Waals surface area contributed by atoms with E-state index in [0.717, 1.165) is 24.4 Å². The maximum Gasteiger partial charge on any atom is 0.260 e. The number of H-pyrrole nitrogens is 1. The fourth-order valence-corrected chi connectivity index (χ4v) is 2.75. The number of hydrogen-bond acceptors (Lipinski definition) is 5. The second-order valence-electron chi connectivity index (χ2n) is 5.81. The first-order valence-corrected chi connectivity index (χ1v) is 7.83. The number of benzene rings is 1. The van der Waals surface area contributed by atoms with Crippen LogP contribution in [0.1, 0.15) is 18.2 Å². The average Bonchev–Trinajstić information content (AvgIpc) is 3.24. The molecular formula is C16H18F2N4O3. The lowest BCUT2D eigenvalue weighted by Crippen LogP contribution is -2.38. The molecule has 2 aromatic rings. The van der Waals surface area contributed by atoms with Crippen LogP contribution >= 0.6 is 0 Å². The van der Waals surface area contributed by atoms with Crippen molar-refractivity contribution in [3.8, 4) is 5.75 Å². The van der Waals surface area contributed by atoms with Crippen LogP contribution in [0, 0.1) is 11.6 Å². The molecule has 1 N–H and O–H groups in total. The number of rotatable bonds is 6. The van der Waals surface area contributed by atoms with Gasteiger partial charge in [-0.2, -0.15) is 5.10 Å². The summed E-state index contributed by atoms with van der Waals surface area (Å²) in [6, 6.07) is 2.93. The number of halogens is 2. The number of likely N-dealkylation sites (N-methyl/N-ethyl adjacent to an activating group) is 1. The molecule has 0 unspecified atom stereocenters. The van der Waals surface area contributed by atoms with Crippen LogP contribution in [0.15, 0.2) is 24.5 Å². The summed E-state index contributed by atoms with van der Waals surface area (Å²) in [5, 5.41) is 6.67. The van der Waals surface area contributed by atoms with E-state index in [4.69, 9.17) is 9.47 Å². The predicted molar refractivity (Wildman–Crippen MR) is 83.0 cm³/mol. The van der Waals surface area contributed by atoms with Crippen molar-refractivity contribution in [2.75, 3.05) is 26.8 Å². The van der Waals surface area contributed by atoms with Crippen LogP contribution in [0.2, 0.25) is 0 Å². The Bertz CT molecular complexity index is 726. The summed E-state index contributed by atoms with van der Waals surface area (Å²) in [4.78, 5) is 17.8. The number of hydrogen-bond donors (Lipinski definition) is 1. The largest absolute Gasteiger partial charge is 0.481 e. The summed E-state index contributed by atoms with van der Waals surface area (Å²) in [6.45, 7) is 0.577. The third-order valence-corrected chi connectivity index (χ3v) is 4.12. The van der Waals surface area contributed by atoms with Gasteiger partial charge in [0.1, 0.15) is 18.0 Å². The average molecular weight is 352 g/mol. The number of carbonyl (C=O) groups is 1. The summed E-state index contributed by atoms with van der Waals surface area (Å²) in [5.41, 5.74) is 0. The minimum atomic E-state index is -0.847. The van der Waals surface area contributed by atoms with Gasteiger partial charge in [0.15, 0.2) is 18.2 Å². The maximum absolute atomic E-state index is 13.5. The molecule has 3 rings (SSSR count). The molecule has 25 heavy (non-hydrogen) atoms. The molecule has 0 saturated carbocycles. The highest BCUT2D eigenvalue weighted by Crippen LogP contribution is 2.29. The smallest absolute Gasteiger partial charge is 0.260 e. The van der Waals surface area contributed by atoms with Crippen molar-refractivity contribution in [3.63, 3.8) is 0 Å². The topological polar surface area (TPSA) is 80.3 Å². The second-order valence-corrected chi connectivity index (χ2v) is 5.81. The van der Waals surface area contributed by atoms with Crippen molar-refractivity contribution in [2.45, 2.75) is 18.4 Å². The van der Waals surface area contributed by atoms with Gasteiger partial charge in [0.25, 0.3) is 5.91 Å². The van der Waals surface area contributed by atoms with Crippen molar-refractivity contribution in [2.24, 2.45) is 0 Å². The molecule has 1 aromatic carbocycles. The Morgan fingerprint density at radius 2 is 2.32 bits per heavy atom. The van der Waals surface area contributed by atoms with Gasteiger partial charge in [-0.15, -0.1) is 0 Å². The van der Waals surface area contributed by atoms with Gasteiger partial charge in [-0.05, 0) is 18.6 Å². The van der Waals surface area contributed by atoms with Crippen molar-refractivity contribution in [1.29, 1.82) is 0 Å². The van der Waals surface area contributed by atoms with Crippen LogP contribution in [0.4, 0.5) is 8.78 Å². The Balaban J connectivity index is 1.53. The Morgan fingerprint density at radius 3 is 3.04 bits per heavy atom. The zero-order valence-corrected chi connectivity index (χ0v) is 13.6. The van der Waals surface area contributed by atoms with Crippen molar-refractivity contribution < 1.29 is 23.0 Å². The Hall–Kier alpha value is -2.55. The van der Waals surface area contributed by atoms with E-state index in [0.29, 0.717) is 19.2 Å². The lowest BCUT2D eigenvalue weighted by Gasteiger charge is -2.24. The molecule has 1 aromatic heterocycles. The molecule has 1 aliphatic heterocycles. The van der Waals surface area contributed by atoms with E-state index >= 15 is 0 Å². The van der Waals surface area contributed by atoms with Crippen LogP contribution in [0.25, 0.3) is 0 Å². The highest BCUT2D eigenvalue weighted by Gasteiger charge is 2.33. The Labute approximate surface area is 142 Å². The van der Waals surface area contributed by atoms with Crippen LogP contribution < -0.4 is 4.74 Å². The quantitative estimate of drug-likeness (QED) is 0.852. The Kier molecular flexibility index (Phi) is 5.22. The number of carbonyl (C=O) groups excluding carboxylic acids is 1. The summed E-state index contributed by atoms with van der Waals surface area (Å²) < 4.78 is 37.2. The van der Waals surface area contributed by atoms with E-state index in [9.17, 15) is 13.6 Å². The lowest BCUT2D eigenvalue weighted by molar-refractivity contribution is -0.133. The zero-order chi connectivity index (χ0) is 17.8. The van der Waals surface area contributed by atoms with Crippen molar-refractivity contribution in [3.05, 3.63) is 42.0 Å². The van der Waals surface area contributed by atoms with Gasteiger partial charge < -0.3 is 14.4 Å². The normalized spacial score (nSPS) is 19.8. The minimum Gasteiger partial charge on any atom is -0.481 e. The molecule has 7 nitrogen and oxygen atoms in total. The third kappa shape index (κ3) is 4.11. The van der Waals surface area contributed by atoms with E-state index in [1.807, 2.05) is 0 Å². The Morgan fingerprint density at radius 1 is 1.48 bits per heavy atom. The molecule has 1 fully saturated rings. The highest BCUT2D eigenvalue weighted by molar-refractivity contribution is 5.77. The van der Waals surface area contributed by atoms with Gasteiger partial charge in [-0.1, -0.05) is 0 Å². The minimum absolute atomic E-state index is 0.0354. The van der Waals surface area contributed by atoms with Gasteiger partial charge in [-0.25, -0.2) is 13.8 Å². The monoisotopic (exact) mass is 352 g/mol. The number of nitrogens with one attached hydrogen (secondary N) is 1. The van der Waals surface area contributed by atoms with Crippen LogP contribution in [-0.2, 0) is 9.53 Å².